The minimum Gasteiger partial charge on any atom is -0.510 e. The first-order valence-corrected chi connectivity index (χ1v) is 8.76. The number of hydrogen-bond acceptors (Lipinski definition) is 9. The number of carbonyl (C=O) groups is 3. The second-order valence-electron chi connectivity index (χ2n) is 7.48. The summed E-state index contributed by atoms with van der Waals surface area (Å²) in [6.45, 7) is 0. The Morgan fingerprint density at radius 3 is 2.45 bits per heavy atom. The van der Waals surface area contributed by atoms with Gasteiger partial charge in [-0.3, -0.25) is 14.4 Å². The monoisotopic (exact) mass is 402 g/mol. The average Bonchev–Trinajstić information content (AvgIpc) is 2.64. The van der Waals surface area contributed by atoms with Crippen LogP contribution in [0.25, 0.3) is 0 Å². The number of hydrogen-bond donors (Lipinski definition) is 7. The van der Waals surface area contributed by atoms with Crippen molar-refractivity contribution in [3.63, 3.8) is 0 Å². The number of rotatable bonds is 1. The number of Topliss-reactive ketones (excluding diaryl/α,β-unsaturated/α-hetero) is 2. The molecule has 9 N–H and O–H groups in total. The highest BCUT2D eigenvalue weighted by molar-refractivity contribution is 6.24. The van der Waals surface area contributed by atoms with Crippen LogP contribution >= 0.6 is 0 Å². The lowest BCUT2D eigenvalue weighted by molar-refractivity contribution is -0.156. The third-order valence-corrected chi connectivity index (χ3v) is 6.07. The van der Waals surface area contributed by atoms with E-state index in [0.717, 1.165) is 0 Å². The van der Waals surface area contributed by atoms with Crippen molar-refractivity contribution < 1.29 is 39.9 Å². The normalized spacial score (nSPS) is 33.9. The summed E-state index contributed by atoms with van der Waals surface area (Å²) < 4.78 is 0. The van der Waals surface area contributed by atoms with Gasteiger partial charge in [0.15, 0.2) is 11.4 Å². The van der Waals surface area contributed by atoms with Gasteiger partial charge < -0.3 is 37.0 Å². The number of fused-ring (bicyclic) bond motifs is 3. The van der Waals surface area contributed by atoms with Crippen LogP contribution in [0.3, 0.4) is 0 Å². The van der Waals surface area contributed by atoms with Gasteiger partial charge in [0, 0.05) is 11.5 Å². The molecule has 10 nitrogen and oxygen atoms in total. The summed E-state index contributed by atoms with van der Waals surface area (Å²) in [6, 6.07) is 2.71. The Morgan fingerprint density at radius 1 is 1.17 bits per heavy atom. The van der Waals surface area contributed by atoms with Crippen molar-refractivity contribution in [3.05, 3.63) is 52.0 Å². The molecule has 0 bridgehead atoms. The van der Waals surface area contributed by atoms with Gasteiger partial charge in [0.05, 0.1) is 23.6 Å². The van der Waals surface area contributed by atoms with Crippen LogP contribution in [0.4, 0.5) is 0 Å². The number of primary amides is 1. The standard InChI is InChI=1S/C19H18N2O8/c20-12-11-13(23)6-4-5-2-1-3-7(22)8(5)14(24)9(6)16(26)19(11,29)17(27)10(15(12)25)18(21)28/h1-3,6,11-13,22-23,25-26,29H,4,20H2,(H2,21,28)/t6-,11-,12+,13-,19+/m1/s1. The third kappa shape index (κ3) is 2.18. The van der Waals surface area contributed by atoms with Crippen LogP contribution in [-0.2, 0) is 16.0 Å². The summed E-state index contributed by atoms with van der Waals surface area (Å²) >= 11 is 0. The Morgan fingerprint density at radius 2 is 1.83 bits per heavy atom. The number of ketones is 2. The minimum atomic E-state index is -2.95. The fourth-order valence-corrected chi connectivity index (χ4v) is 4.71. The molecule has 0 saturated carbocycles. The lowest BCUT2D eigenvalue weighted by Gasteiger charge is -2.50. The zero-order chi connectivity index (χ0) is 21.4. The molecule has 5 atom stereocenters. The average molecular weight is 402 g/mol. The van der Waals surface area contributed by atoms with E-state index in [9.17, 15) is 39.9 Å². The number of benzene rings is 1. The molecule has 0 aliphatic heterocycles. The van der Waals surface area contributed by atoms with Gasteiger partial charge in [-0.25, -0.2) is 0 Å². The number of amides is 1. The summed E-state index contributed by atoms with van der Waals surface area (Å²) in [6.07, 6.45) is -1.64. The van der Waals surface area contributed by atoms with Gasteiger partial charge in [0.1, 0.15) is 22.8 Å². The van der Waals surface area contributed by atoms with Crippen LogP contribution in [0.5, 0.6) is 5.75 Å². The Balaban J connectivity index is 2.00. The van der Waals surface area contributed by atoms with Crippen molar-refractivity contribution in [2.75, 3.05) is 0 Å². The van der Waals surface area contributed by atoms with E-state index in [2.05, 4.69) is 0 Å². The summed E-state index contributed by atoms with van der Waals surface area (Å²) in [7, 11) is 0. The van der Waals surface area contributed by atoms with E-state index >= 15 is 0 Å². The van der Waals surface area contributed by atoms with Crippen molar-refractivity contribution in [1.29, 1.82) is 0 Å². The quantitative estimate of drug-likeness (QED) is 0.272. The molecule has 29 heavy (non-hydrogen) atoms. The zero-order valence-electron chi connectivity index (χ0n) is 14.9. The topological polar surface area (TPSA) is 204 Å². The molecule has 0 heterocycles. The van der Waals surface area contributed by atoms with Gasteiger partial charge >= 0.3 is 0 Å². The van der Waals surface area contributed by atoms with E-state index in [1.165, 1.54) is 12.1 Å². The highest BCUT2D eigenvalue weighted by Crippen LogP contribution is 2.51. The van der Waals surface area contributed by atoms with E-state index in [4.69, 9.17) is 11.5 Å². The van der Waals surface area contributed by atoms with Crippen molar-refractivity contribution in [1.82, 2.24) is 0 Å². The second kappa shape index (κ2) is 5.89. The summed E-state index contributed by atoms with van der Waals surface area (Å²) in [5.41, 5.74) is 6.85. The van der Waals surface area contributed by atoms with Gasteiger partial charge in [-0.05, 0) is 18.1 Å². The minimum absolute atomic E-state index is 0.00330. The third-order valence-electron chi connectivity index (χ3n) is 6.07. The molecule has 1 amide bonds. The molecule has 3 aliphatic rings. The predicted octanol–water partition coefficient (Wildman–Crippen LogP) is -1.51. The molecule has 3 aliphatic carbocycles. The summed E-state index contributed by atoms with van der Waals surface area (Å²) in [4.78, 5) is 37.5. The van der Waals surface area contributed by atoms with Crippen molar-refractivity contribution in [3.8, 4) is 5.75 Å². The maximum atomic E-state index is 13.0. The van der Waals surface area contributed by atoms with E-state index in [1.807, 2.05) is 0 Å². The summed E-state index contributed by atoms with van der Waals surface area (Å²) in [5.74, 6) is -8.79. The number of aromatic hydroxyl groups is 1. The van der Waals surface area contributed by atoms with Crippen molar-refractivity contribution >= 4 is 17.5 Å². The lowest BCUT2D eigenvalue weighted by atomic mass is 9.57. The number of aliphatic hydroxyl groups excluding tert-OH is 3. The first-order valence-electron chi connectivity index (χ1n) is 8.76. The first-order chi connectivity index (χ1) is 13.5. The van der Waals surface area contributed by atoms with Gasteiger partial charge in [-0.1, -0.05) is 12.1 Å². The maximum Gasteiger partial charge on any atom is 0.255 e. The first kappa shape index (κ1) is 19.1. The number of carbonyl (C=O) groups excluding carboxylic acids is 3. The number of phenols is 1. The molecule has 10 heteroatoms. The number of aliphatic hydroxyl groups is 4. The number of phenolic OH excluding ortho intramolecular Hbond substituents is 1. The van der Waals surface area contributed by atoms with E-state index in [0.29, 0.717) is 5.56 Å². The largest absolute Gasteiger partial charge is 0.510 e. The Bertz CT molecular complexity index is 1060. The van der Waals surface area contributed by atoms with Crippen molar-refractivity contribution in [2.45, 2.75) is 24.2 Å². The molecule has 0 saturated heterocycles. The SMILES string of the molecule is NC(=O)C1=C(O)[C@@H](N)[C@@H]2[C@H](O)[C@@H]3Cc4cccc(O)c4C(=O)C3=C(O)[C@]2(O)C1=O. The molecule has 0 aromatic heterocycles. The van der Waals surface area contributed by atoms with Crippen molar-refractivity contribution in [2.24, 2.45) is 23.3 Å². The highest BCUT2D eigenvalue weighted by atomic mass is 16.4. The molecule has 0 radical (unpaired) electrons. The molecule has 0 unspecified atom stereocenters. The van der Waals surface area contributed by atoms with Crippen LogP contribution in [0.1, 0.15) is 15.9 Å². The Hall–Kier alpha value is -3.21. The molecule has 4 rings (SSSR count). The van der Waals surface area contributed by atoms with Crippen LogP contribution in [0.15, 0.2) is 40.9 Å². The fraction of sp³-hybridized carbons (Fsp3) is 0.316. The molecule has 0 spiro atoms. The Labute approximate surface area is 163 Å². The van der Waals surface area contributed by atoms with Gasteiger partial charge in [0.2, 0.25) is 5.78 Å². The maximum absolute atomic E-state index is 13.0. The molecular formula is C19H18N2O8. The molecule has 1 aromatic carbocycles. The van der Waals surface area contributed by atoms with Crippen LogP contribution in [-0.4, -0.2) is 60.8 Å². The van der Waals surface area contributed by atoms with E-state index in [1.54, 1.807) is 6.07 Å². The molecule has 152 valence electrons. The molecule has 0 fully saturated rings. The smallest absolute Gasteiger partial charge is 0.255 e. The fourth-order valence-electron chi connectivity index (χ4n) is 4.71. The molecule has 1 aromatic rings. The predicted molar refractivity (Wildman–Crippen MR) is 95.6 cm³/mol. The highest BCUT2D eigenvalue weighted by Gasteiger charge is 2.65. The van der Waals surface area contributed by atoms with Crippen LogP contribution in [0, 0.1) is 11.8 Å². The van der Waals surface area contributed by atoms with Gasteiger partial charge in [0.25, 0.3) is 5.91 Å². The second-order valence-corrected chi connectivity index (χ2v) is 7.48. The van der Waals surface area contributed by atoms with Crippen LogP contribution in [0.2, 0.25) is 0 Å². The van der Waals surface area contributed by atoms with Gasteiger partial charge in [-0.2, -0.15) is 0 Å². The molecular weight excluding hydrogens is 384 g/mol. The lowest BCUT2D eigenvalue weighted by Crippen LogP contribution is -2.67. The summed E-state index contributed by atoms with van der Waals surface area (Å²) in [5, 5.41) is 53.1. The van der Waals surface area contributed by atoms with Crippen LogP contribution < -0.4 is 11.5 Å². The zero-order valence-corrected chi connectivity index (χ0v) is 14.9. The van der Waals surface area contributed by atoms with E-state index < -0.39 is 69.7 Å². The van der Waals surface area contributed by atoms with Gasteiger partial charge in [-0.15, -0.1) is 0 Å². The Kier molecular flexibility index (Phi) is 3.89. The number of nitrogens with two attached hydrogens (primary N) is 2. The van der Waals surface area contributed by atoms with E-state index in [-0.39, 0.29) is 17.7 Å².